The number of urea groups is 1. The van der Waals surface area contributed by atoms with Gasteiger partial charge in [-0.3, -0.25) is 4.98 Å². The molecule has 0 radical (unpaired) electrons. The lowest BCUT2D eigenvalue weighted by molar-refractivity contribution is -0.144. The topological polar surface area (TPSA) is 126 Å². The second-order valence-corrected chi connectivity index (χ2v) is 8.44. The van der Waals surface area contributed by atoms with Crippen LogP contribution in [0.4, 0.5) is 4.79 Å². The van der Waals surface area contributed by atoms with Gasteiger partial charge in [0.15, 0.2) is 0 Å². The van der Waals surface area contributed by atoms with Crippen LogP contribution in [0.3, 0.4) is 0 Å². The normalized spacial score (nSPS) is 12.6. The van der Waals surface area contributed by atoms with E-state index in [2.05, 4.69) is 37.8 Å². The first kappa shape index (κ1) is 25.8. The minimum atomic E-state index is -0.691. The van der Waals surface area contributed by atoms with Gasteiger partial charge in [-0.15, -0.1) is 10.2 Å². The van der Waals surface area contributed by atoms with E-state index in [4.69, 9.17) is 4.74 Å². The predicted molar refractivity (Wildman–Crippen MR) is 132 cm³/mol. The lowest BCUT2D eigenvalue weighted by Gasteiger charge is -2.28. The molecule has 0 aliphatic rings. The monoisotopic (exact) mass is 479 g/mol. The third kappa shape index (κ3) is 6.62. The van der Waals surface area contributed by atoms with Crippen LogP contribution in [0.25, 0.3) is 22.6 Å². The number of unbranched alkanes of at least 4 members (excludes halogenated alkanes) is 1. The lowest BCUT2D eigenvalue weighted by Crippen LogP contribution is -2.51. The van der Waals surface area contributed by atoms with Crippen LogP contribution in [0.5, 0.6) is 0 Å². The fourth-order valence-corrected chi connectivity index (χ4v) is 3.70. The summed E-state index contributed by atoms with van der Waals surface area (Å²) in [7, 11) is 1.34. The third-order valence-corrected chi connectivity index (χ3v) is 6.00. The molecule has 2 heterocycles. The first-order valence-corrected chi connectivity index (χ1v) is 11.9. The standard InChI is InChI=1S/C25H33N7O3/c1-5-7-14-32(25(34)27-22(17(3)6-2)24(33)35-4)16-18-12-13-21(26-15-18)19-10-8-9-11-20(19)23-28-30-31-29-23/h8-13,15,17,22H,5-7,14,16H2,1-4H3,(H,27,34)(H,28,29,30,31). The molecule has 0 saturated heterocycles. The molecule has 0 bridgehead atoms. The Labute approximate surface area is 205 Å². The number of aromatic amines is 1. The predicted octanol–water partition coefficient (Wildman–Crippen LogP) is 3.83. The Balaban J connectivity index is 1.77. The number of benzene rings is 1. The molecular weight excluding hydrogens is 446 g/mol. The fourth-order valence-electron chi connectivity index (χ4n) is 3.70. The summed E-state index contributed by atoms with van der Waals surface area (Å²) < 4.78 is 4.91. The number of nitrogens with zero attached hydrogens (tertiary/aromatic N) is 5. The molecule has 2 aromatic heterocycles. The van der Waals surface area contributed by atoms with E-state index in [1.54, 1.807) is 11.1 Å². The van der Waals surface area contributed by atoms with Crippen molar-refractivity contribution in [3.05, 3.63) is 48.2 Å². The van der Waals surface area contributed by atoms with Crippen molar-refractivity contribution in [2.24, 2.45) is 5.92 Å². The zero-order valence-electron chi connectivity index (χ0n) is 20.7. The van der Waals surface area contributed by atoms with Crippen molar-refractivity contribution in [2.75, 3.05) is 13.7 Å². The van der Waals surface area contributed by atoms with Gasteiger partial charge in [-0.2, -0.15) is 5.21 Å². The molecule has 2 amide bonds. The van der Waals surface area contributed by atoms with Gasteiger partial charge < -0.3 is 15.0 Å². The number of amides is 2. The lowest BCUT2D eigenvalue weighted by atomic mass is 9.99. The first-order valence-electron chi connectivity index (χ1n) is 11.9. The summed E-state index contributed by atoms with van der Waals surface area (Å²) >= 11 is 0. The maximum absolute atomic E-state index is 13.1. The molecule has 3 aromatic rings. The number of carbonyl (C=O) groups excluding carboxylic acids is 2. The Morgan fingerprint density at radius 1 is 1.14 bits per heavy atom. The van der Waals surface area contributed by atoms with Gasteiger partial charge in [-0.05, 0) is 29.2 Å². The van der Waals surface area contributed by atoms with E-state index in [0.29, 0.717) is 18.9 Å². The van der Waals surface area contributed by atoms with Gasteiger partial charge in [0.1, 0.15) is 6.04 Å². The number of hydrogen-bond donors (Lipinski definition) is 2. The number of rotatable bonds is 11. The largest absolute Gasteiger partial charge is 0.467 e. The van der Waals surface area contributed by atoms with Gasteiger partial charge in [-0.1, -0.05) is 63.9 Å². The molecule has 2 unspecified atom stereocenters. The average Bonchev–Trinajstić information content (AvgIpc) is 3.44. The highest BCUT2D eigenvalue weighted by molar-refractivity contribution is 5.84. The van der Waals surface area contributed by atoms with Crippen LogP contribution in [0.2, 0.25) is 0 Å². The molecule has 186 valence electrons. The summed E-state index contributed by atoms with van der Waals surface area (Å²) in [6.07, 6.45) is 4.30. The first-order chi connectivity index (χ1) is 17.0. The zero-order valence-corrected chi connectivity index (χ0v) is 20.7. The number of ether oxygens (including phenoxy) is 1. The van der Waals surface area contributed by atoms with E-state index < -0.39 is 12.0 Å². The smallest absolute Gasteiger partial charge is 0.328 e. The molecule has 0 fully saturated rings. The van der Waals surface area contributed by atoms with Gasteiger partial charge >= 0.3 is 12.0 Å². The van der Waals surface area contributed by atoms with E-state index in [1.807, 2.05) is 50.2 Å². The number of H-pyrrole nitrogens is 1. The van der Waals surface area contributed by atoms with Crippen molar-refractivity contribution in [2.45, 2.75) is 52.6 Å². The minimum absolute atomic E-state index is 0.0420. The zero-order chi connectivity index (χ0) is 25.2. The fraction of sp³-hybridized carbons (Fsp3) is 0.440. The van der Waals surface area contributed by atoms with Crippen molar-refractivity contribution in [1.29, 1.82) is 0 Å². The Morgan fingerprint density at radius 2 is 1.91 bits per heavy atom. The molecule has 35 heavy (non-hydrogen) atoms. The Kier molecular flexibility index (Phi) is 9.28. The molecule has 2 N–H and O–H groups in total. The third-order valence-electron chi connectivity index (χ3n) is 6.00. The molecule has 1 aromatic carbocycles. The SMILES string of the molecule is CCCCN(Cc1ccc(-c2ccccc2-c2nn[nH]n2)nc1)C(=O)NC(C(=O)OC)C(C)CC. The van der Waals surface area contributed by atoms with Crippen LogP contribution in [-0.4, -0.2) is 62.2 Å². The van der Waals surface area contributed by atoms with Crippen molar-refractivity contribution in [3.63, 3.8) is 0 Å². The molecule has 10 nitrogen and oxygen atoms in total. The van der Waals surface area contributed by atoms with Gasteiger partial charge in [0, 0.05) is 30.4 Å². The average molecular weight is 480 g/mol. The van der Waals surface area contributed by atoms with Crippen LogP contribution in [0, 0.1) is 5.92 Å². The number of methoxy groups -OCH3 is 1. The Morgan fingerprint density at radius 3 is 2.51 bits per heavy atom. The van der Waals surface area contributed by atoms with Crippen LogP contribution < -0.4 is 5.32 Å². The van der Waals surface area contributed by atoms with E-state index in [9.17, 15) is 9.59 Å². The molecule has 0 spiro atoms. The molecule has 10 heteroatoms. The number of carbonyl (C=O) groups is 2. The summed E-state index contributed by atoms with van der Waals surface area (Å²) in [6, 6.07) is 10.6. The van der Waals surface area contributed by atoms with E-state index in [1.165, 1.54) is 7.11 Å². The van der Waals surface area contributed by atoms with Crippen molar-refractivity contribution in [1.82, 2.24) is 35.8 Å². The summed E-state index contributed by atoms with van der Waals surface area (Å²) in [5, 5.41) is 17.2. The van der Waals surface area contributed by atoms with Crippen LogP contribution in [0.1, 0.15) is 45.6 Å². The Bertz CT molecular complexity index is 1090. The number of aromatic nitrogens is 5. The number of esters is 1. The highest BCUT2D eigenvalue weighted by Gasteiger charge is 2.28. The summed E-state index contributed by atoms with van der Waals surface area (Å²) in [4.78, 5) is 31.7. The summed E-state index contributed by atoms with van der Waals surface area (Å²) in [5.41, 5.74) is 3.36. The second kappa shape index (κ2) is 12.6. The highest BCUT2D eigenvalue weighted by atomic mass is 16.5. The maximum atomic E-state index is 13.1. The second-order valence-electron chi connectivity index (χ2n) is 8.44. The Hall–Kier alpha value is -3.82. The maximum Gasteiger partial charge on any atom is 0.328 e. The molecule has 2 atom stereocenters. The highest BCUT2D eigenvalue weighted by Crippen LogP contribution is 2.28. The quantitative estimate of drug-likeness (QED) is 0.400. The van der Waals surface area contributed by atoms with E-state index >= 15 is 0 Å². The van der Waals surface area contributed by atoms with Crippen molar-refractivity contribution in [3.8, 4) is 22.6 Å². The number of hydrogen-bond acceptors (Lipinski definition) is 7. The molecular formula is C25H33N7O3. The molecule has 0 aliphatic carbocycles. The minimum Gasteiger partial charge on any atom is -0.467 e. The number of nitrogens with one attached hydrogen (secondary N) is 2. The van der Waals surface area contributed by atoms with Crippen molar-refractivity contribution < 1.29 is 14.3 Å². The van der Waals surface area contributed by atoms with E-state index in [-0.39, 0.29) is 11.9 Å². The van der Waals surface area contributed by atoms with Gasteiger partial charge in [0.2, 0.25) is 5.82 Å². The molecule has 0 aliphatic heterocycles. The summed E-state index contributed by atoms with van der Waals surface area (Å²) in [5.74, 6) is 0.0180. The summed E-state index contributed by atoms with van der Waals surface area (Å²) in [6.45, 7) is 6.92. The molecule has 3 rings (SSSR count). The van der Waals surface area contributed by atoms with Crippen LogP contribution in [-0.2, 0) is 16.1 Å². The van der Waals surface area contributed by atoms with Crippen molar-refractivity contribution >= 4 is 12.0 Å². The van der Waals surface area contributed by atoms with Gasteiger partial charge in [-0.25, -0.2) is 9.59 Å². The van der Waals surface area contributed by atoms with Crippen LogP contribution >= 0.6 is 0 Å². The van der Waals surface area contributed by atoms with Crippen LogP contribution in [0.15, 0.2) is 42.6 Å². The van der Waals surface area contributed by atoms with Gasteiger partial charge in [0.05, 0.1) is 12.8 Å². The van der Waals surface area contributed by atoms with Gasteiger partial charge in [0.25, 0.3) is 0 Å². The number of tetrazole rings is 1. The molecule has 0 saturated carbocycles. The van der Waals surface area contributed by atoms with E-state index in [0.717, 1.165) is 41.6 Å². The number of pyridine rings is 1.